The summed E-state index contributed by atoms with van der Waals surface area (Å²) in [5, 5.41) is 0. The number of carbonyl (C=O) groups is 1. The summed E-state index contributed by atoms with van der Waals surface area (Å²) in [6.07, 6.45) is 5.81. The summed E-state index contributed by atoms with van der Waals surface area (Å²) in [5.41, 5.74) is 0. The predicted molar refractivity (Wildman–Crippen MR) is 43.3 cm³/mol. The number of fused-ring (bicyclic) bond motifs is 5. The van der Waals surface area contributed by atoms with Crippen molar-refractivity contribution < 1.29 is 9.53 Å². The van der Waals surface area contributed by atoms with Gasteiger partial charge in [-0.3, -0.25) is 4.79 Å². The monoisotopic (exact) mass is 164 g/mol. The van der Waals surface area contributed by atoms with Crippen LogP contribution >= 0.6 is 0 Å². The summed E-state index contributed by atoms with van der Waals surface area (Å²) in [4.78, 5) is 11.4. The Morgan fingerprint density at radius 1 is 1.42 bits per heavy atom. The fourth-order valence-corrected chi connectivity index (χ4v) is 3.17. The highest BCUT2D eigenvalue weighted by Crippen LogP contribution is 2.53. The average molecular weight is 164 g/mol. The van der Waals surface area contributed by atoms with Gasteiger partial charge in [0.15, 0.2) is 0 Å². The molecule has 1 saturated heterocycles. The van der Waals surface area contributed by atoms with Gasteiger partial charge in [-0.2, -0.15) is 0 Å². The Kier molecular flexibility index (Phi) is 1.07. The molecule has 5 atom stereocenters. The molecule has 0 spiro atoms. The van der Waals surface area contributed by atoms with Crippen LogP contribution in [0.1, 0.15) is 13.3 Å². The van der Waals surface area contributed by atoms with Crippen molar-refractivity contribution in [2.75, 3.05) is 0 Å². The van der Waals surface area contributed by atoms with Gasteiger partial charge in [-0.1, -0.05) is 12.2 Å². The summed E-state index contributed by atoms with van der Waals surface area (Å²) in [6.45, 7) is 2.02. The van der Waals surface area contributed by atoms with Crippen LogP contribution in [0.3, 0.4) is 0 Å². The summed E-state index contributed by atoms with van der Waals surface area (Å²) < 4.78 is 5.23. The van der Waals surface area contributed by atoms with Gasteiger partial charge in [0.1, 0.15) is 6.10 Å². The molecule has 0 aromatic rings. The Morgan fingerprint density at radius 2 is 2.17 bits per heavy atom. The van der Waals surface area contributed by atoms with Crippen LogP contribution in [0.25, 0.3) is 0 Å². The third kappa shape index (κ3) is 0.598. The van der Waals surface area contributed by atoms with Crippen molar-refractivity contribution >= 4 is 5.97 Å². The van der Waals surface area contributed by atoms with Crippen LogP contribution in [0.2, 0.25) is 0 Å². The molecule has 0 aromatic heterocycles. The van der Waals surface area contributed by atoms with Crippen LogP contribution in [0.4, 0.5) is 0 Å². The van der Waals surface area contributed by atoms with Gasteiger partial charge in [0.25, 0.3) is 0 Å². The van der Waals surface area contributed by atoms with E-state index in [1.54, 1.807) is 0 Å². The van der Waals surface area contributed by atoms with Gasteiger partial charge >= 0.3 is 5.97 Å². The third-order valence-electron chi connectivity index (χ3n) is 3.64. The summed E-state index contributed by atoms with van der Waals surface area (Å²) in [5.74, 6) is 1.87. The summed E-state index contributed by atoms with van der Waals surface area (Å²) in [6, 6.07) is 0. The van der Waals surface area contributed by atoms with E-state index in [2.05, 4.69) is 12.2 Å². The molecule has 0 unspecified atom stereocenters. The molecule has 1 saturated carbocycles. The molecule has 1 aliphatic heterocycles. The van der Waals surface area contributed by atoms with Crippen LogP contribution in [0.15, 0.2) is 12.2 Å². The minimum Gasteiger partial charge on any atom is -0.462 e. The smallest absolute Gasteiger partial charge is 0.310 e. The predicted octanol–water partition coefficient (Wildman–Crippen LogP) is 1.37. The quantitative estimate of drug-likeness (QED) is 0.399. The first-order valence-electron chi connectivity index (χ1n) is 4.66. The lowest BCUT2D eigenvalue weighted by molar-refractivity contribution is -0.144. The normalized spacial score (nSPS) is 54.4. The number of rotatable bonds is 0. The zero-order chi connectivity index (χ0) is 8.29. The van der Waals surface area contributed by atoms with E-state index >= 15 is 0 Å². The second-order valence-corrected chi connectivity index (χ2v) is 4.19. The zero-order valence-corrected chi connectivity index (χ0v) is 7.07. The molecule has 2 bridgehead atoms. The number of carbonyl (C=O) groups excluding carboxylic acids is 1. The molecule has 0 radical (unpaired) electrons. The molecule has 0 N–H and O–H groups in total. The molecule has 2 nitrogen and oxygen atoms in total. The molecule has 2 aliphatic carbocycles. The zero-order valence-electron chi connectivity index (χ0n) is 7.07. The third-order valence-corrected chi connectivity index (χ3v) is 3.64. The Balaban J connectivity index is 2.03. The first-order valence-corrected chi connectivity index (χ1v) is 4.66. The Labute approximate surface area is 71.6 Å². The second kappa shape index (κ2) is 1.93. The van der Waals surface area contributed by atoms with Gasteiger partial charge in [0, 0.05) is 5.92 Å². The molecule has 64 valence electrons. The standard InChI is InChI=1S/C10H12O2/c1-5-8-6-2-3-7(4-6)9(8)10(11)12-5/h2-3,5-9H,4H2,1H3/t5-,6-,7+,8-,9+/m0/s1. The summed E-state index contributed by atoms with van der Waals surface area (Å²) >= 11 is 0. The Morgan fingerprint density at radius 3 is 2.92 bits per heavy atom. The Bertz CT molecular complexity index is 269. The maximum atomic E-state index is 11.4. The number of hydrogen-bond acceptors (Lipinski definition) is 2. The van der Waals surface area contributed by atoms with Crippen molar-refractivity contribution in [1.29, 1.82) is 0 Å². The van der Waals surface area contributed by atoms with E-state index in [9.17, 15) is 4.79 Å². The van der Waals surface area contributed by atoms with Gasteiger partial charge in [0.05, 0.1) is 5.92 Å². The maximum Gasteiger partial charge on any atom is 0.310 e. The van der Waals surface area contributed by atoms with E-state index < -0.39 is 0 Å². The van der Waals surface area contributed by atoms with Crippen LogP contribution in [-0.4, -0.2) is 12.1 Å². The fraction of sp³-hybridized carbons (Fsp3) is 0.700. The molecule has 3 rings (SSSR count). The van der Waals surface area contributed by atoms with Crippen molar-refractivity contribution in [2.24, 2.45) is 23.7 Å². The molecule has 0 amide bonds. The Hall–Kier alpha value is -0.790. The van der Waals surface area contributed by atoms with Crippen molar-refractivity contribution in [2.45, 2.75) is 19.4 Å². The minimum atomic E-state index is 0.0457. The second-order valence-electron chi connectivity index (χ2n) is 4.19. The van der Waals surface area contributed by atoms with Crippen LogP contribution in [0, 0.1) is 23.7 Å². The topological polar surface area (TPSA) is 26.3 Å². The highest BCUT2D eigenvalue weighted by molar-refractivity contribution is 5.77. The number of ether oxygens (including phenoxy) is 1. The molecule has 2 fully saturated rings. The highest BCUT2D eigenvalue weighted by Gasteiger charge is 2.56. The van der Waals surface area contributed by atoms with E-state index in [-0.39, 0.29) is 18.0 Å². The van der Waals surface area contributed by atoms with E-state index in [1.807, 2.05) is 6.92 Å². The van der Waals surface area contributed by atoms with Gasteiger partial charge < -0.3 is 4.74 Å². The SMILES string of the molecule is C[C@@H]1OC(=O)[C@H]2[C@@H]1[C@H]1C=C[C@@H]2C1. The largest absolute Gasteiger partial charge is 0.462 e. The highest BCUT2D eigenvalue weighted by atomic mass is 16.6. The molecule has 0 aromatic carbocycles. The molecule has 12 heavy (non-hydrogen) atoms. The van der Waals surface area contributed by atoms with E-state index in [4.69, 9.17) is 4.74 Å². The molecule has 2 heteroatoms. The summed E-state index contributed by atoms with van der Waals surface area (Å²) in [7, 11) is 0. The molecular weight excluding hydrogens is 152 g/mol. The minimum absolute atomic E-state index is 0.0457. The molecular formula is C10H12O2. The lowest BCUT2D eigenvalue weighted by Crippen LogP contribution is -2.22. The lowest BCUT2D eigenvalue weighted by atomic mass is 9.82. The van der Waals surface area contributed by atoms with Gasteiger partial charge in [-0.05, 0) is 25.2 Å². The number of hydrogen-bond donors (Lipinski definition) is 0. The van der Waals surface area contributed by atoms with E-state index in [0.29, 0.717) is 17.8 Å². The van der Waals surface area contributed by atoms with Crippen molar-refractivity contribution in [1.82, 2.24) is 0 Å². The first kappa shape index (κ1) is 6.70. The molecule has 3 aliphatic rings. The van der Waals surface area contributed by atoms with E-state index in [1.165, 1.54) is 6.42 Å². The maximum absolute atomic E-state index is 11.4. The van der Waals surface area contributed by atoms with Crippen LogP contribution < -0.4 is 0 Å². The van der Waals surface area contributed by atoms with Gasteiger partial charge in [-0.25, -0.2) is 0 Å². The number of allylic oxidation sites excluding steroid dienone is 2. The molecule has 1 heterocycles. The first-order chi connectivity index (χ1) is 5.77. The van der Waals surface area contributed by atoms with Crippen molar-refractivity contribution in [3.05, 3.63) is 12.2 Å². The number of cyclic esters (lactones) is 1. The van der Waals surface area contributed by atoms with Crippen LogP contribution in [-0.2, 0) is 9.53 Å². The van der Waals surface area contributed by atoms with E-state index in [0.717, 1.165) is 0 Å². The fourth-order valence-electron chi connectivity index (χ4n) is 3.17. The average Bonchev–Trinajstić information content (AvgIpc) is 2.64. The number of esters is 1. The van der Waals surface area contributed by atoms with Crippen molar-refractivity contribution in [3.63, 3.8) is 0 Å². The van der Waals surface area contributed by atoms with Gasteiger partial charge in [0.2, 0.25) is 0 Å². The van der Waals surface area contributed by atoms with Crippen LogP contribution in [0.5, 0.6) is 0 Å². The lowest BCUT2D eigenvalue weighted by Gasteiger charge is -2.18. The van der Waals surface area contributed by atoms with Crippen molar-refractivity contribution in [3.8, 4) is 0 Å². The van der Waals surface area contributed by atoms with Gasteiger partial charge in [-0.15, -0.1) is 0 Å².